The maximum atomic E-state index is 12.6. The lowest BCUT2D eigenvalue weighted by Crippen LogP contribution is -2.28. The van der Waals surface area contributed by atoms with Crippen LogP contribution in [0.15, 0.2) is 59.5 Å². The number of benzene rings is 2. The van der Waals surface area contributed by atoms with Gasteiger partial charge in [-0.1, -0.05) is 43.2 Å². The van der Waals surface area contributed by atoms with E-state index in [1.165, 1.54) is 0 Å². The molecule has 0 saturated heterocycles. The van der Waals surface area contributed by atoms with E-state index in [-0.39, 0.29) is 36.5 Å². The van der Waals surface area contributed by atoms with Crippen molar-refractivity contribution in [2.45, 2.75) is 48.7 Å². The van der Waals surface area contributed by atoms with E-state index < -0.39 is 9.84 Å². The van der Waals surface area contributed by atoms with Gasteiger partial charge in [-0.2, -0.15) is 0 Å². The normalized spacial score (nSPS) is 14.5. The minimum absolute atomic E-state index is 0.134. The first kappa shape index (κ1) is 21.0. The highest BCUT2D eigenvalue weighted by Crippen LogP contribution is 2.30. The molecule has 0 spiro atoms. The average Bonchev–Trinajstić information content (AvgIpc) is 3.25. The fraction of sp³-hybridized carbons (Fsp3) is 0.364. The average molecular weight is 415 g/mol. The molecule has 29 heavy (non-hydrogen) atoms. The van der Waals surface area contributed by atoms with Crippen LogP contribution in [0.3, 0.4) is 0 Å². The summed E-state index contributed by atoms with van der Waals surface area (Å²) >= 11 is 0. The van der Waals surface area contributed by atoms with Gasteiger partial charge in [-0.15, -0.1) is 0 Å². The fourth-order valence-electron chi connectivity index (χ4n) is 3.50. The highest BCUT2D eigenvalue weighted by atomic mass is 32.2. The van der Waals surface area contributed by atoms with Gasteiger partial charge in [0.2, 0.25) is 11.8 Å². The molecule has 1 fully saturated rings. The van der Waals surface area contributed by atoms with Crippen molar-refractivity contribution in [2.75, 3.05) is 11.9 Å². The van der Waals surface area contributed by atoms with E-state index in [2.05, 4.69) is 10.6 Å². The van der Waals surface area contributed by atoms with E-state index in [0.717, 1.165) is 31.2 Å². The molecular formula is C22H26N2O4S. The number of hydrogen-bond donors (Lipinski definition) is 2. The summed E-state index contributed by atoms with van der Waals surface area (Å²) in [6, 6.07) is 15.7. The van der Waals surface area contributed by atoms with Crippen LogP contribution in [-0.2, 0) is 25.8 Å². The van der Waals surface area contributed by atoms with E-state index in [1.54, 1.807) is 24.3 Å². The second-order valence-electron chi connectivity index (χ2n) is 7.29. The van der Waals surface area contributed by atoms with Crippen molar-refractivity contribution < 1.29 is 18.0 Å². The zero-order valence-electron chi connectivity index (χ0n) is 16.3. The van der Waals surface area contributed by atoms with Crippen LogP contribution in [0, 0.1) is 0 Å². The summed E-state index contributed by atoms with van der Waals surface area (Å²) in [6.07, 6.45) is 3.77. The number of hydrogen-bond acceptors (Lipinski definition) is 4. The molecule has 2 N–H and O–H groups in total. The largest absolute Gasteiger partial charge is 0.355 e. The van der Waals surface area contributed by atoms with Gasteiger partial charge in [0.05, 0.1) is 16.6 Å². The van der Waals surface area contributed by atoms with Crippen molar-refractivity contribution in [1.29, 1.82) is 0 Å². The lowest BCUT2D eigenvalue weighted by Gasteiger charge is -2.12. The first-order chi connectivity index (χ1) is 13.9. The fourth-order valence-corrected chi connectivity index (χ4v) is 5.36. The van der Waals surface area contributed by atoms with E-state index >= 15 is 0 Å². The van der Waals surface area contributed by atoms with Crippen LogP contribution in [0.1, 0.15) is 37.7 Å². The highest BCUT2D eigenvalue weighted by molar-refractivity contribution is 7.92. The van der Waals surface area contributed by atoms with Crippen molar-refractivity contribution in [1.82, 2.24) is 5.32 Å². The molecule has 0 heterocycles. The smallest absolute Gasteiger partial charge is 0.226 e. The third kappa shape index (κ3) is 5.90. The molecule has 0 radical (unpaired) electrons. The first-order valence-electron chi connectivity index (χ1n) is 9.89. The Balaban J connectivity index is 1.44. The van der Waals surface area contributed by atoms with Gasteiger partial charge in [0, 0.05) is 18.7 Å². The second-order valence-corrected chi connectivity index (χ2v) is 9.51. The van der Waals surface area contributed by atoms with Gasteiger partial charge in [0.15, 0.2) is 9.84 Å². The molecule has 1 aliphatic carbocycles. The molecule has 3 rings (SSSR count). The van der Waals surface area contributed by atoms with Crippen LogP contribution in [0.25, 0.3) is 0 Å². The summed E-state index contributed by atoms with van der Waals surface area (Å²) in [4.78, 5) is 24.3. The Morgan fingerprint density at radius 2 is 1.55 bits per heavy atom. The Bertz CT molecular complexity index is 935. The number of carbonyl (C=O) groups is 2. The first-order valence-corrected chi connectivity index (χ1v) is 11.4. The standard InChI is InChI=1S/C22H26N2O4S/c25-21(14-15-23-22(26)16-17-6-2-1-3-7-17)24-18-10-12-20(13-11-18)29(27,28)19-8-4-5-9-19/h1-3,6-7,10-13,19H,4-5,8-9,14-16H2,(H,23,26)(H,24,25). The summed E-state index contributed by atoms with van der Waals surface area (Å²) in [6.45, 7) is 0.242. The van der Waals surface area contributed by atoms with E-state index in [1.807, 2.05) is 30.3 Å². The Labute approximate surface area is 171 Å². The van der Waals surface area contributed by atoms with Gasteiger partial charge < -0.3 is 10.6 Å². The van der Waals surface area contributed by atoms with Gasteiger partial charge in [0.1, 0.15) is 0 Å². The van der Waals surface area contributed by atoms with Crippen LogP contribution >= 0.6 is 0 Å². The second kappa shape index (κ2) is 9.69. The minimum Gasteiger partial charge on any atom is -0.355 e. The molecule has 154 valence electrons. The third-order valence-electron chi connectivity index (χ3n) is 5.09. The van der Waals surface area contributed by atoms with Crippen LogP contribution in [-0.4, -0.2) is 32.0 Å². The van der Waals surface area contributed by atoms with Gasteiger partial charge in [-0.25, -0.2) is 8.42 Å². The van der Waals surface area contributed by atoms with Crippen LogP contribution < -0.4 is 10.6 Å². The Morgan fingerprint density at radius 1 is 0.897 bits per heavy atom. The van der Waals surface area contributed by atoms with Crippen LogP contribution in [0.4, 0.5) is 5.69 Å². The number of anilines is 1. The molecule has 2 aromatic rings. The predicted molar refractivity (Wildman–Crippen MR) is 112 cm³/mol. The summed E-state index contributed by atoms with van der Waals surface area (Å²) in [7, 11) is -3.29. The molecule has 2 amide bonds. The van der Waals surface area contributed by atoms with Crippen molar-refractivity contribution in [3.63, 3.8) is 0 Å². The van der Waals surface area contributed by atoms with Gasteiger partial charge >= 0.3 is 0 Å². The molecule has 0 aromatic heterocycles. The molecule has 7 heteroatoms. The molecule has 2 aromatic carbocycles. The number of carbonyl (C=O) groups excluding carboxylic acids is 2. The van der Waals surface area contributed by atoms with Crippen molar-refractivity contribution >= 4 is 27.3 Å². The Morgan fingerprint density at radius 3 is 2.21 bits per heavy atom. The number of sulfone groups is 1. The maximum absolute atomic E-state index is 12.6. The summed E-state index contributed by atoms with van der Waals surface area (Å²) in [5, 5.41) is 5.17. The molecule has 0 aliphatic heterocycles. The summed E-state index contributed by atoms with van der Waals surface area (Å²) in [5.41, 5.74) is 1.46. The molecular weight excluding hydrogens is 388 g/mol. The van der Waals surface area contributed by atoms with Gasteiger partial charge in [0.25, 0.3) is 0 Å². The van der Waals surface area contributed by atoms with E-state index in [9.17, 15) is 18.0 Å². The molecule has 1 aliphatic rings. The van der Waals surface area contributed by atoms with E-state index in [4.69, 9.17) is 0 Å². The number of rotatable bonds is 8. The van der Waals surface area contributed by atoms with Gasteiger partial charge in [-0.3, -0.25) is 9.59 Å². The molecule has 1 saturated carbocycles. The topological polar surface area (TPSA) is 92.3 Å². The predicted octanol–water partition coefficient (Wildman–Crippen LogP) is 3.09. The minimum atomic E-state index is -3.29. The van der Waals surface area contributed by atoms with Crippen LogP contribution in [0.2, 0.25) is 0 Å². The lowest BCUT2D eigenvalue weighted by atomic mass is 10.1. The summed E-state index contributed by atoms with van der Waals surface area (Å²) in [5.74, 6) is -0.373. The van der Waals surface area contributed by atoms with E-state index in [0.29, 0.717) is 10.6 Å². The SMILES string of the molecule is O=C(Cc1ccccc1)NCCC(=O)Nc1ccc(S(=O)(=O)C2CCCC2)cc1. The number of amides is 2. The molecule has 0 atom stereocenters. The monoisotopic (exact) mass is 414 g/mol. The highest BCUT2D eigenvalue weighted by Gasteiger charge is 2.30. The zero-order valence-corrected chi connectivity index (χ0v) is 17.1. The lowest BCUT2D eigenvalue weighted by molar-refractivity contribution is -0.120. The van der Waals surface area contributed by atoms with Crippen LogP contribution in [0.5, 0.6) is 0 Å². The summed E-state index contributed by atoms with van der Waals surface area (Å²) < 4.78 is 25.2. The van der Waals surface area contributed by atoms with Gasteiger partial charge in [-0.05, 0) is 42.7 Å². The Hall–Kier alpha value is -2.67. The Kier molecular flexibility index (Phi) is 7.04. The van der Waals surface area contributed by atoms with Crippen molar-refractivity contribution in [3.8, 4) is 0 Å². The molecule has 0 unspecified atom stereocenters. The van der Waals surface area contributed by atoms with Crippen molar-refractivity contribution in [3.05, 3.63) is 60.2 Å². The quantitative estimate of drug-likeness (QED) is 0.694. The number of nitrogens with one attached hydrogen (secondary N) is 2. The molecule has 6 nitrogen and oxygen atoms in total. The maximum Gasteiger partial charge on any atom is 0.226 e. The van der Waals surface area contributed by atoms with Crippen molar-refractivity contribution in [2.24, 2.45) is 0 Å². The zero-order chi connectivity index (χ0) is 20.7. The molecule has 0 bridgehead atoms. The third-order valence-corrected chi connectivity index (χ3v) is 7.37.